The normalized spacial score (nSPS) is 30.0. The number of rotatable bonds is 6. The summed E-state index contributed by atoms with van der Waals surface area (Å²) in [7, 11) is 1.81. The highest BCUT2D eigenvalue weighted by Crippen LogP contribution is 2.30. The zero-order valence-electron chi connectivity index (χ0n) is 13.7. The van der Waals surface area contributed by atoms with Gasteiger partial charge in [0.1, 0.15) is 0 Å². The van der Waals surface area contributed by atoms with Crippen LogP contribution in [0.2, 0.25) is 0 Å². The summed E-state index contributed by atoms with van der Waals surface area (Å²) in [5.74, 6) is 1.65. The molecule has 1 aliphatic heterocycles. The van der Waals surface area contributed by atoms with E-state index < -0.39 is 0 Å². The van der Waals surface area contributed by atoms with Gasteiger partial charge in [-0.15, -0.1) is 0 Å². The number of hydrogen-bond donors (Lipinski definition) is 1. The number of hydrogen-bond acceptors (Lipinski definition) is 3. The average Bonchev–Trinajstić information content (AvgIpc) is 2.48. The third-order valence-electron chi connectivity index (χ3n) is 5.28. The van der Waals surface area contributed by atoms with Crippen LogP contribution < -0.4 is 5.32 Å². The fraction of sp³-hybridized carbons (Fsp3) is 1.00. The molecule has 0 aromatic heterocycles. The van der Waals surface area contributed by atoms with E-state index >= 15 is 0 Å². The molecule has 2 atom stereocenters. The van der Waals surface area contributed by atoms with Crippen molar-refractivity contribution in [3.05, 3.63) is 0 Å². The number of piperazine rings is 1. The van der Waals surface area contributed by atoms with Crippen LogP contribution >= 0.6 is 0 Å². The zero-order valence-corrected chi connectivity index (χ0v) is 13.7. The Labute approximate surface area is 125 Å². The molecular formula is C17H34N2O. The van der Waals surface area contributed by atoms with Crippen molar-refractivity contribution in [3.8, 4) is 0 Å². The molecule has 2 rings (SSSR count). The first-order valence-corrected chi connectivity index (χ1v) is 8.68. The van der Waals surface area contributed by atoms with Gasteiger partial charge in [0.05, 0.1) is 0 Å². The van der Waals surface area contributed by atoms with Crippen LogP contribution in [0.25, 0.3) is 0 Å². The lowest BCUT2D eigenvalue weighted by Gasteiger charge is -2.46. The quantitative estimate of drug-likeness (QED) is 0.758. The maximum atomic E-state index is 5.25. The van der Waals surface area contributed by atoms with Crippen molar-refractivity contribution < 1.29 is 4.74 Å². The predicted molar refractivity (Wildman–Crippen MR) is 85.1 cm³/mol. The maximum absolute atomic E-state index is 5.25. The summed E-state index contributed by atoms with van der Waals surface area (Å²) in [5.41, 5.74) is 0. The molecule has 20 heavy (non-hydrogen) atoms. The van der Waals surface area contributed by atoms with Crippen molar-refractivity contribution in [1.29, 1.82) is 0 Å². The Morgan fingerprint density at radius 2 is 1.95 bits per heavy atom. The van der Waals surface area contributed by atoms with Gasteiger partial charge < -0.3 is 10.1 Å². The second-order valence-corrected chi connectivity index (χ2v) is 7.07. The van der Waals surface area contributed by atoms with E-state index in [1.54, 1.807) is 0 Å². The number of nitrogens with zero attached hydrogens (tertiary/aromatic N) is 1. The lowest BCUT2D eigenvalue weighted by molar-refractivity contribution is 0.0537. The SMILES string of the molecule is COCCCN1CC(C(C)C)NCC1C1CCCCC1. The molecule has 2 unspecified atom stereocenters. The van der Waals surface area contributed by atoms with E-state index in [1.165, 1.54) is 58.2 Å². The van der Waals surface area contributed by atoms with Gasteiger partial charge in [-0.3, -0.25) is 4.90 Å². The molecule has 0 aromatic carbocycles. The minimum absolute atomic E-state index is 0.664. The van der Waals surface area contributed by atoms with Gasteiger partial charge in [0, 0.05) is 45.4 Å². The van der Waals surface area contributed by atoms with Crippen LogP contribution in [-0.2, 0) is 4.74 Å². The Hall–Kier alpha value is -0.120. The Morgan fingerprint density at radius 3 is 2.60 bits per heavy atom. The van der Waals surface area contributed by atoms with Crippen molar-refractivity contribution in [3.63, 3.8) is 0 Å². The van der Waals surface area contributed by atoms with Crippen LogP contribution in [0.4, 0.5) is 0 Å². The third-order valence-corrected chi connectivity index (χ3v) is 5.28. The molecule has 2 fully saturated rings. The zero-order chi connectivity index (χ0) is 14.4. The number of methoxy groups -OCH3 is 1. The van der Waals surface area contributed by atoms with E-state index in [4.69, 9.17) is 4.74 Å². The first-order chi connectivity index (χ1) is 9.72. The summed E-state index contributed by atoms with van der Waals surface area (Å²) in [6, 6.07) is 1.43. The lowest BCUT2D eigenvalue weighted by Crippen LogP contribution is -2.60. The van der Waals surface area contributed by atoms with E-state index in [0.29, 0.717) is 6.04 Å². The summed E-state index contributed by atoms with van der Waals surface area (Å²) in [6.07, 6.45) is 8.40. The summed E-state index contributed by atoms with van der Waals surface area (Å²) in [6.45, 7) is 9.20. The molecule has 0 aromatic rings. The van der Waals surface area contributed by atoms with Crippen molar-refractivity contribution in [2.75, 3.05) is 33.4 Å². The van der Waals surface area contributed by atoms with Crippen LogP contribution in [0.1, 0.15) is 52.4 Å². The Kier molecular flexibility index (Phi) is 6.79. The van der Waals surface area contributed by atoms with Crippen molar-refractivity contribution in [1.82, 2.24) is 10.2 Å². The average molecular weight is 282 g/mol. The number of nitrogens with one attached hydrogen (secondary N) is 1. The molecule has 1 N–H and O–H groups in total. The second kappa shape index (κ2) is 8.35. The van der Waals surface area contributed by atoms with Crippen LogP contribution in [-0.4, -0.2) is 50.3 Å². The van der Waals surface area contributed by atoms with Gasteiger partial charge in [0.2, 0.25) is 0 Å². The molecule has 1 saturated carbocycles. The van der Waals surface area contributed by atoms with Crippen molar-refractivity contribution in [2.24, 2.45) is 11.8 Å². The molecule has 1 aliphatic carbocycles. The Bertz CT molecular complexity index is 264. The monoisotopic (exact) mass is 282 g/mol. The highest BCUT2D eigenvalue weighted by molar-refractivity contribution is 4.91. The third kappa shape index (κ3) is 4.44. The van der Waals surface area contributed by atoms with Gasteiger partial charge in [-0.05, 0) is 31.1 Å². The summed E-state index contributed by atoms with van der Waals surface area (Å²) in [5, 5.41) is 3.81. The number of ether oxygens (including phenoxy) is 1. The molecule has 2 aliphatic rings. The maximum Gasteiger partial charge on any atom is 0.0474 e. The van der Waals surface area contributed by atoms with Gasteiger partial charge in [-0.25, -0.2) is 0 Å². The van der Waals surface area contributed by atoms with E-state index in [1.807, 2.05) is 7.11 Å². The van der Waals surface area contributed by atoms with Crippen LogP contribution in [0.15, 0.2) is 0 Å². The second-order valence-electron chi connectivity index (χ2n) is 7.07. The molecule has 3 nitrogen and oxygen atoms in total. The Morgan fingerprint density at radius 1 is 1.20 bits per heavy atom. The largest absolute Gasteiger partial charge is 0.385 e. The molecule has 3 heteroatoms. The molecular weight excluding hydrogens is 248 g/mol. The van der Waals surface area contributed by atoms with E-state index in [9.17, 15) is 0 Å². The smallest absolute Gasteiger partial charge is 0.0474 e. The van der Waals surface area contributed by atoms with Crippen molar-refractivity contribution in [2.45, 2.75) is 64.5 Å². The van der Waals surface area contributed by atoms with Crippen LogP contribution in [0.3, 0.4) is 0 Å². The van der Waals surface area contributed by atoms with Gasteiger partial charge in [0.15, 0.2) is 0 Å². The van der Waals surface area contributed by atoms with E-state index in [-0.39, 0.29) is 0 Å². The molecule has 0 bridgehead atoms. The minimum Gasteiger partial charge on any atom is -0.385 e. The molecule has 0 radical (unpaired) electrons. The highest BCUT2D eigenvalue weighted by atomic mass is 16.5. The van der Waals surface area contributed by atoms with E-state index in [2.05, 4.69) is 24.1 Å². The molecule has 118 valence electrons. The van der Waals surface area contributed by atoms with E-state index in [0.717, 1.165) is 24.5 Å². The van der Waals surface area contributed by atoms with Gasteiger partial charge in [0.25, 0.3) is 0 Å². The molecule has 1 heterocycles. The predicted octanol–water partition coefficient (Wildman–Crippen LogP) is 2.90. The highest BCUT2D eigenvalue weighted by Gasteiger charge is 2.34. The molecule has 0 spiro atoms. The summed E-state index contributed by atoms with van der Waals surface area (Å²) < 4.78 is 5.25. The van der Waals surface area contributed by atoms with Crippen molar-refractivity contribution >= 4 is 0 Å². The fourth-order valence-electron chi connectivity index (χ4n) is 3.95. The summed E-state index contributed by atoms with van der Waals surface area (Å²) >= 11 is 0. The minimum atomic E-state index is 0.664. The lowest BCUT2D eigenvalue weighted by atomic mass is 9.81. The van der Waals surface area contributed by atoms with Gasteiger partial charge in [-0.2, -0.15) is 0 Å². The molecule has 1 saturated heterocycles. The first-order valence-electron chi connectivity index (χ1n) is 8.68. The Balaban J connectivity index is 1.92. The van der Waals surface area contributed by atoms with Crippen LogP contribution in [0.5, 0.6) is 0 Å². The molecule has 0 amide bonds. The summed E-state index contributed by atoms with van der Waals surface area (Å²) in [4.78, 5) is 2.77. The van der Waals surface area contributed by atoms with Gasteiger partial charge in [-0.1, -0.05) is 33.1 Å². The first kappa shape index (κ1) is 16.3. The van der Waals surface area contributed by atoms with Crippen LogP contribution in [0, 0.1) is 11.8 Å². The van der Waals surface area contributed by atoms with Gasteiger partial charge >= 0.3 is 0 Å². The topological polar surface area (TPSA) is 24.5 Å². The fourth-order valence-corrected chi connectivity index (χ4v) is 3.95. The standard InChI is InChI=1S/C17H34N2O/c1-14(2)16-13-19(10-7-11-20-3)17(12-18-16)15-8-5-4-6-9-15/h14-18H,4-13H2,1-3H3.